The first kappa shape index (κ1) is 15.0. The lowest BCUT2D eigenvalue weighted by atomic mass is 9.94. The van der Waals surface area contributed by atoms with E-state index in [0.717, 1.165) is 12.8 Å². The first-order valence-electron chi connectivity index (χ1n) is 6.33. The molecule has 0 radical (unpaired) electrons. The maximum atomic E-state index is 12.2. The van der Waals surface area contributed by atoms with Crippen LogP contribution in [0.4, 0.5) is 0 Å². The second-order valence-electron chi connectivity index (χ2n) is 5.24. The van der Waals surface area contributed by atoms with Crippen LogP contribution in [0, 0.1) is 0 Å². The fourth-order valence-corrected chi connectivity index (χ4v) is 2.75. The van der Waals surface area contributed by atoms with Gasteiger partial charge in [0.15, 0.2) is 0 Å². The van der Waals surface area contributed by atoms with E-state index in [9.17, 15) is 13.2 Å². The number of carbonyl (C=O) groups is 1. The van der Waals surface area contributed by atoms with Crippen molar-refractivity contribution >= 4 is 15.9 Å². The number of rotatable bonds is 3. The average Bonchev–Trinajstić information content (AvgIpc) is 2.38. The maximum Gasteiger partial charge on any atom is 0.251 e. The van der Waals surface area contributed by atoms with Crippen LogP contribution in [-0.2, 0) is 14.8 Å². The van der Waals surface area contributed by atoms with Gasteiger partial charge in [0, 0.05) is 12.2 Å². The minimum Gasteiger partial charge on any atom is -0.379 e. The highest BCUT2D eigenvalue weighted by atomic mass is 32.2. The second-order valence-corrected chi connectivity index (χ2v) is 6.81. The van der Waals surface area contributed by atoms with Crippen molar-refractivity contribution in [3.8, 4) is 0 Å². The van der Waals surface area contributed by atoms with Gasteiger partial charge in [-0.3, -0.25) is 4.79 Å². The summed E-state index contributed by atoms with van der Waals surface area (Å²) in [5, 5.41) is 7.95. The number of carbonyl (C=O) groups excluding carboxylic acids is 1. The number of benzene rings is 1. The smallest absolute Gasteiger partial charge is 0.251 e. The second kappa shape index (κ2) is 5.51. The van der Waals surface area contributed by atoms with Gasteiger partial charge >= 0.3 is 0 Å². The Kier molecular flexibility index (Phi) is 4.12. The molecular weight excluding hydrogens is 280 g/mol. The lowest BCUT2D eigenvalue weighted by Crippen LogP contribution is -2.51. The summed E-state index contributed by atoms with van der Waals surface area (Å²) in [4.78, 5) is 12.1. The molecule has 2 rings (SSSR count). The largest absolute Gasteiger partial charge is 0.379 e. The van der Waals surface area contributed by atoms with Crippen molar-refractivity contribution in [2.24, 2.45) is 5.14 Å². The topological polar surface area (TPSA) is 98.5 Å². The molecule has 0 aromatic heterocycles. The molecule has 7 heteroatoms. The molecule has 0 bridgehead atoms. The zero-order chi connectivity index (χ0) is 14.8. The summed E-state index contributed by atoms with van der Waals surface area (Å²) >= 11 is 0. The number of primary sulfonamides is 1. The van der Waals surface area contributed by atoms with Gasteiger partial charge in [-0.1, -0.05) is 6.07 Å². The molecule has 1 aliphatic rings. The first-order chi connectivity index (χ1) is 9.30. The third-order valence-corrected chi connectivity index (χ3v) is 4.19. The van der Waals surface area contributed by atoms with Gasteiger partial charge in [-0.2, -0.15) is 0 Å². The average molecular weight is 298 g/mol. The van der Waals surface area contributed by atoms with Crippen LogP contribution in [-0.4, -0.2) is 33.1 Å². The van der Waals surface area contributed by atoms with Crippen molar-refractivity contribution in [1.29, 1.82) is 0 Å². The monoisotopic (exact) mass is 298 g/mol. The van der Waals surface area contributed by atoms with Gasteiger partial charge in [-0.25, -0.2) is 13.6 Å². The van der Waals surface area contributed by atoms with Gasteiger partial charge in [0.2, 0.25) is 10.0 Å². The summed E-state index contributed by atoms with van der Waals surface area (Å²) in [6.45, 7) is 3.06. The van der Waals surface area contributed by atoms with Crippen LogP contribution in [0.1, 0.15) is 30.1 Å². The molecule has 1 unspecified atom stereocenters. The molecule has 0 aliphatic carbocycles. The fraction of sp³-hybridized carbons (Fsp3) is 0.462. The molecule has 1 aromatic rings. The third kappa shape index (κ3) is 3.56. The van der Waals surface area contributed by atoms with Crippen LogP contribution in [0.15, 0.2) is 29.2 Å². The van der Waals surface area contributed by atoms with Crippen LogP contribution in [0.5, 0.6) is 0 Å². The Morgan fingerprint density at radius 3 is 2.80 bits per heavy atom. The van der Waals surface area contributed by atoms with E-state index in [-0.39, 0.29) is 16.4 Å². The summed E-state index contributed by atoms with van der Waals surface area (Å²) < 4.78 is 27.9. The van der Waals surface area contributed by atoms with E-state index in [0.29, 0.717) is 13.2 Å². The number of nitrogens with two attached hydrogens (primary N) is 1. The molecule has 3 N–H and O–H groups in total. The normalized spacial score (nSPS) is 23.3. The van der Waals surface area contributed by atoms with E-state index in [1.54, 1.807) is 6.07 Å². The Bertz CT molecular complexity index is 607. The molecule has 0 spiro atoms. The summed E-state index contributed by atoms with van der Waals surface area (Å²) in [7, 11) is -3.81. The van der Waals surface area contributed by atoms with Crippen molar-refractivity contribution < 1.29 is 17.9 Å². The third-order valence-electron chi connectivity index (χ3n) is 3.28. The molecular formula is C13H18N2O4S. The first-order valence-corrected chi connectivity index (χ1v) is 7.88. The standard InChI is InChI=1S/C13H18N2O4S/c1-13(6-3-7-19-9-13)15-12(16)10-4-2-5-11(8-10)20(14,17)18/h2,4-5,8H,3,6-7,9H2,1H3,(H,15,16)(H2,14,17,18). The molecule has 110 valence electrons. The van der Waals surface area contributed by atoms with Gasteiger partial charge in [-0.05, 0) is 38.0 Å². The van der Waals surface area contributed by atoms with Crippen LogP contribution in [0.2, 0.25) is 0 Å². The van der Waals surface area contributed by atoms with Crippen LogP contribution in [0.3, 0.4) is 0 Å². The predicted octanol–water partition coefficient (Wildman–Crippen LogP) is 0.633. The Labute approximate surface area is 118 Å². The summed E-state index contributed by atoms with van der Waals surface area (Å²) in [6.07, 6.45) is 1.71. The number of hydrogen-bond acceptors (Lipinski definition) is 4. The van der Waals surface area contributed by atoms with Gasteiger partial charge < -0.3 is 10.1 Å². The van der Waals surface area contributed by atoms with E-state index < -0.39 is 15.6 Å². The zero-order valence-electron chi connectivity index (χ0n) is 11.3. The molecule has 1 amide bonds. The molecule has 1 aliphatic heterocycles. The van der Waals surface area contributed by atoms with Gasteiger partial charge in [-0.15, -0.1) is 0 Å². The summed E-state index contributed by atoms with van der Waals surface area (Å²) in [5.41, 5.74) is -0.157. The molecule has 1 atom stereocenters. The van der Waals surface area contributed by atoms with Crippen LogP contribution >= 0.6 is 0 Å². The van der Waals surface area contributed by atoms with E-state index >= 15 is 0 Å². The SMILES string of the molecule is CC1(NC(=O)c2cccc(S(N)(=O)=O)c2)CCCOC1. The van der Waals surface area contributed by atoms with Crippen molar-refractivity contribution in [3.63, 3.8) is 0 Å². The van der Waals surface area contributed by atoms with Crippen LogP contribution in [0.25, 0.3) is 0 Å². The van der Waals surface area contributed by atoms with Crippen LogP contribution < -0.4 is 10.5 Å². The molecule has 20 heavy (non-hydrogen) atoms. The quantitative estimate of drug-likeness (QED) is 0.855. The number of sulfonamides is 1. The summed E-state index contributed by atoms with van der Waals surface area (Å²) in [5.74, 6) is -0.330. The Morgan fingerprint density at radius 1 is 1.45 bits per heavy atom. The molecule has 0 saturated carbocycles. The zero-order valence-corrected chi connectivity index (χ0v) is 12.1. The predicted molar refractivity (Wildman–Crippen MR) is 73.7 cm³/mol. The Morgan fingerprint density at radius 2 is 2.20 bits per heavy atom. The van der Waals surface area contributed by atoms with E-state index in [1.807, 2.05) is 6.92 Å². The lowest BCUT2D eigenvalue weighted by molar-refractivity contribution is 0.0272. The van der Waals surface area contributed by atoms with Gasteiger partial charge in [0.25, 0.3) is 5.91 Å². The van der Waals surface area contributed by atoms with Crippen molar-refractivity contribution in [2.75, 3.05) is 13.2 Å². The lowest BCUT2D eigenvalue weighted by Gasteiger charge is -2.34. The highest BCUT2D eigenvalue weighted by molar-refractivity contribution is 7.89. The number of hydrogen-bond donors (Lipinski definition) is 2. The molecule has 6 nitrogen and oxygen atoms in total. The maximum absolute atomic E-state index is 12.2. The Hall–Kier alpha value is -1.44. The van der Waals surface area contributed by atoms with E-state index in [4.69, 9.17) is 9.88 Å². The Balaban J connectivity index is 2.17. The summed E-state index contributed by atoms with van der Waals surface area (Å²) in [6, 6.07) is 5.68. The fourth-order valence-electron chi connectivity index (χ4n) is 2.19. The van der Waals surface area contributed by atoms with Crippen molar-refractivity contribution in [2.45, 2.75) is 30.2 Å². The molecule has 1 saturated heterocycles. The highest BCUT2D eigenvalue weighted by Gasteiger charge is 2.29. The van der Waals surface area contributed by atoms with Crippen molar-refractivity contribution in [3.05, 3.63) is 29.8 Å². The molecule has 1 fully saturated rings. The number of nitrogens with one attached hydrogen (secondary N) is 1. The van der Waals surface area contributed by atoms with Gasteiger partial charge in [0.1, 0.15) is 0 Å². The van der Waals surface area contributed by atoms with Crippen molar-refractivity contribution in [1.82, 2.24) is 5.32 Å². The number of ether oxygens (including phenoxy) is 1. The minimum absolute atomic E-state index is 0.0739. The van der Waals surface area contributed by atoms with E-state index in [1.165, 1.54) is 18.2 Å². The minimum atomic E-state index is -3.81. The molecule has 1 aromatic carbocycles. The van der Waals surface area contributed by atoms with E-state index in [2.05, 4.69) is 5.32 Å². The van der Waals surface area contributed by atoms with Gasteiger partial charge in [0.05, 0.1) is 17.0 Å². The highest BCUT2D eigenvalue weighted by Crippen LogP contribution is 2.19. The molecule has 1 heterocycles. The number of amides is 1.